The van der Waals surface area contributed by atoms with Crippen molar-refractivity contribution >= 4 is 0 Å². The summed E-state index contributed by atoms with van der Waals surface area (Å²) in [7, 11) is 1.79. The molecule has 1 nitrogen and oxygen atoms in total. The SMILES string of the molecule is COCc1ccc2c(c1)C1c3ccccc3C2(C)C2c3ccccc3C1c1ccccc12. The summed E-state index contributed by atoms with van der Waals surface area (Å²) in [6, 6.07) is 34.8. The van der Waals surface area contributed by atoms with E-state index in [4.69, 9.17) is 4.74 Å². The van der Waals surface area contributed by atoms with Crippen molar-refractivity contribution in [2.75, 3.05) is 7.11 Å². The minimum Gasteiger partial charge on any atom is -0.380 e. The molecule has 4 aromatic rings. The fourth-order valence-corrected chi connectivity index (χ4v) is 7.25. The van der Waals surface area contributed by atoms with Gasteiger partial charge in [0.15, 0.2) is 0 Å². The maximum Gasteiger partial charge on any atom is 0.0713 e. The van der Waals surface area contributed by atoms with Crippen molar-refractivity contribution in [1.29, 1.82) is 0 Å². The number of rotatable bonds is 2. The van der Waals surface area contributed by atoms with Crippen LogP contribution in [0.5, 0.6) is 0 Å². The quantitative estimate of drug-likeness (QED) is 0.348. The summed E-state index contributed by atoms with van der Waals surface area (Å²) in [5, 5.41) is 0. The second kappa shape index (κ2) is 6.43. The highest BCUT2D eigenvalue weighted by molar-refractivity contribution is 5.70. The van der Waals surface area contributed by atoms with Crippen molar-refractivity contribution in [3.05, 3.63) is 141 Å². The van der Waals surface area contributed by atoms with Crippen LogP contribution in [0, 0.1) is 0 Å². The van der Waals surface area contributed by atoms with Crippen molar-refractivity contribution in [2.45, 2.75) is 36.7 Å². The highest BCUT2D eigenvalue weighted by atomic mass is 16.5. The third kappa shape index (κ3) is 2.12. The van der Waals surface area contributed by atoms with Gasteiger partial charge in [-0.25, -0.2) is 0 Å². The highest BCUT2D eigenvalue weighted by Gasteiger charge is 2.55. The van der Waals surface area contributed by atoms with E-state index in [2.05, 4.69) is 97.9 Å². The largest absolute Gasteiger partial charge is 0.380 e. The summed E-state index contributed by atoms with van der Waals surface area (Å²) in [6.45, 7) is 3.14. The summed E-state index contributed by atoms with van der Waals surface area (Å²) in [6.07, 6.45) is 0. The Kier molecular flexibility index (Phi) is 3.70. The molecule has 0 saturated heterocycles. The van der Waals surface area contributed by atoms with E-state index in [1.165, 1.54) is 50.1 Å². The summed E-state index contributed by atoms with van der Waals surface area (Å²) in [4.78, 5) is 0. The van der Waals surface area contributed by atoms with Gasteiger partial charge in [-0.3, -0.25) is 0 Å². The Labute approximate surface area is 189 Å². The Morgan fingerprint density at radius 3 is 1.81 bits per heavy atom. The Morgan fingerprint density at radius 1 is 0.625 bits per heavy atom. The van der Waals surface area contributed by atoms with E-state index in [0.717, 1.165) is 0 Å². The zero-order valence-electron chi connectivity index (χ0n) is 18.5. The lowest BCUT2D eigenvalue weighted by atomic mass is 9.47. The number of methoxy groups -OCH3 is 1. The van der Waals surface area contributed by atoms with Gasteiger partial charge in [0.1, 0.15) is 0 Å². The molecule has 32 heavy (non-hydrogen) atoms. The lowest BCUT2D eigenvalue weighted by molar-refractivity contribution is 0.184. The molecule has 156 valence electrons. The monoisotopic (exact) mass is 414 g/mol. The van der Waals surface area contributed by atoms with Crippen LogP contribution < -0.4 is 0 Å². The van der Waals surface area contributed by atoms with Gasteiger partial charge in [0.05, 0.1) is 6.61 Å². The molecule has 0 spiro atoms. The van der Waals surface area contributed by atoms with E-state index >= 15 is 0 Å². The molecule has 0 saturated carbocycles. The van der Waals surface area contributed by atoms with Gasteiger partial charge in [0.2, 0.25) is 0 Å². The van der Waals surface area contributed by atoms with Gasteiger partial charge in [0, 0.05) is 30.3 Å². The fraction of sp³-hybridized carbons (Fsp3) is 0.226. The van der Waals surface area contributed by atoms with Crippen LogP contribution in [0.2, 0.25) is 0 Å². The molecular weight excluding hydrogens is 388 g/mol. The molecule has 4 bridgehead atoms. The zero-order valence-corrected chi connectivity index (χ0v) is 18.5. The third-order valence-corrected chi connectivity index (χ3v) is 8.37. The molecule has 10 rings (SSSR count). The Morgan fingerprint density at radius 2 is 1.16 bits per heavy atom. The topological polar surface area (TPSA) is 9.23 Å². The van der Waals surface area contributed by atoms with Crippen molar-refractivity contribution in [3.63, 3.8) is 0 Å². The minimum atomic E-state index is -0.133. The molecule has 6 aliphatic rings. The molecule has 0 aromatic heterocycles. The number of benzene rings is 4. The maximum atomic E-state index is 5.52. The van der Waals surface area contributed by atoms with Crippen LogP contribution in [0.1, 0.15) is 74.7 Å². The Hall–Kier alpha value is -3.16. The standard InChI is InChI=1S/C31H26O/c1-31-26-14-8-7-13-24(26)29(25-17-19(18-32-2)15-16-27(25)31)28-20-9-3-5-11-22(20)30(31)23-12-6-4-10-21(23)28/h3-17,28-30H,18H2,1-2H3. The van der Waals surface area contributed by atoms with Crippen LogP contribution in [0.3, 0.4) is 0 Å². The zero-order chi connectivity index (χ0) is 21.4. The first kappa shape index (κ1) is 18.4. The fourth-order valence-electron chi connectivity index (χ4n) is 7.25. The van der Waals surface area contributed by atoms with Crippen LogP contribution in [-0.2, 0) is 16.8 Å². The molecular formula is C31H26O. The first-order valence-corrected chi connectivity index (χ1v) is 11.6. The van der Waals surface area contributed by atoms with E-state index in [1.54, 1.807) is 7.11 Å². The van der Waals surface area contributed by atoms with Crippen molar-refractivity contribution in [3.8, 4) is 0 Å². The molecule has 0 radical (unpaired) electrons. The second-order valence-electron chi connectivity index (χ2n) is 9.79. The Balaban J connectivity index is 1.67. The summed E-state index contributed by atoms with van der Waals surface area (Å²) < 4.78 is 5.52. The predicted molar refractivity (Wildman–Crippen MR) is 128 cm³/mol. The molecule has 0 amide bonds. The second-order valence-corrected chi connectivity index (χ2v) is 9.79. The van der Waals surface area contributed by atoms with Crippen LogP contribution in [0.15, 0.2) is 91.0 Å². The first-order chi connectivity index (χ1) is 15.7. The number of ether oxygens (including phenoxy) is 1. The van der Waals surface area contributed by atoms with Crippen LogP contribution in [-0.4, -0.2) is 7.11 Å². The molecule has 2 atom stereocenters. The van der Waals surface area contributed by atoms with Gasteiger partial charge in [-0.1, -0.05) is 97.9 Å². The third-order valence-electron chi connectivity index (χ3n) is 8.37. The molecule has 2 unspecified atom stereocenters. The van der Waals surface area contributed by atoms with Gasteiger partial charge in [-0.05, 0) is 50.1 Å². The number of hydrogen-bond donors (Lipinski definition) is 0. The predicted octanol–water partition coefficient (Wildman–Crippen LogP) is 6.88. The molecule has 0 N–H and O–H groups in total. The summed E-state index contributed by atoms with van der Waals surface area (Å²) in [5.74, 6) is 0.913. The minimum absolute atomic E-state index is 0.133. The van der Waals surface area contributed by atoms with Gasteiger partial charge >= 0.3 is 0 Å². The molecule has 0 heterocycles. The summed E-state index contributed by atoms with van der Waals surface area (Å²) in [5.41, 5.74) is 13.1. The Bertz CT molecular complexity index is 1340. The smallest absolute Gasteiger partial charge is 0.0713 e. The van der Waals surface area contributed by atoms with Gasteiger partial charge < -0.3 is 4.74 Å². The lowest BCUT2D eigenvalue weighted by Gasteiger charge is -2.55. The van der Waals surface area contributed by atoms with E-state index in [0.29, 0.717) is 24.4 Å². The van der Waals surface area contributed by atoms with Crippen molar-refractivity contribution < 1.29 is 4.74 Å². The summed E-state index contributed by atoms with van der Waals surface area (Å²) >= 11 is 0. The van der Waals surface area contributed by atoms with Crippen LogP contribution in [0.25, 0.3) is 0 Å². The normalized spacial score (nSPS) is 25.9. The molecule has 1 heteroatoms. The molecule has 4 aromatic carbocycles. The average Bonchev–Trinajstić information content (AvgIpc) is 2.82. The first-order valence-electron chi connectivity index (χ1n) is 11.6. The lowest BCUT2D eigenvalue weighted by Crippen LogP contribution is -2.45. The van der Waals surface area contributed by atoms with E-state index in [1.807, 2.05) is 0 Å². The van der Waals surface area contributed by atoms with Gasteiger partial charge in [-0.2, -0.15) is 0 Å². The highest BCUT2D eigenvalue weighted by Crippen LogP contribution is 2.66. The molecule has 0 aliphatic heterocycles. The average molecular weight is 415 g/mol. The van der Waals surface area contributed by atoms with E-state index in [9.17, 15) is 0 Å². The van der Waals surface area contributed by atoms with Gasteiger partial charge in [0.25, 0.3) is 0 Å². The van der Waals surface area contributed by atoms with Gasteiger partial charge in [-0.15, -0.1) is 0 Å². The van der Waals surface area contributed by atoms with Crippen molar-refractivity contribution in [2.24, 2.45) is 0 Å². The maximum absolute atomic E-state index is 5.52. The van der Waals surface area contributed by atoms with Crippen LogP contribution in [0.4, 0.5) is 0 Å². The van der Waals surface area contributed by atoms with Crippen molar-refractivity contribution in [1.82, 2.24) is 0 Å². The van der Waals surface area contributed by atoms with E-state index < -0.39 is 0 Å². The van der Waals surface area contributed by atoms with E-state index in [-0.39, 0.29) is 5.41 Å². The number of hydrogen-bond acceptors (Lipinski definition) is 1. The molecule has 0 fully saturated rings. The van der Waals surface area contributed by atoms with Crippen LogP contribution >= 0.6 is 0 Å². The molecule has 6 aliphatic carbocycles.